The van der Waals surface area contributed by atoms with Crippen LogP contribution in [0, 0.1) is 29.6 Å². The SMILES string of the molecule is COC(CN)C1C2CC3CC(C2)CC1C3. The third kappa shape index (κ3) is 1.53. The van der Waals surface area contributed by atoms with Crippen molar-refractivity contribution in [1.82, 2.24) is 0 Å². The molecule has 4 fully saturated rings. The minimum Gasteiger partial charge on any atom is -0.380 e. The molecule has 2 N–H and O–H groups in total. The summed E-state index contributed by atoms with van der Waals surface area (Å²) >= 11 is 0. The Kier molecular flexibility index (Phi) is 2.52. The molecule has 4 bridgehead atoms. The van der Waals surface area contributed by atoms with Crippen molar-refractivity contribution in [2.75, 3.05) is 13.7 Å². The van der Waals surface area contributed by atoms with E-state index in [1.807, 2.05) is 7.11 Å². The highest BCUT2D eigenvalue weighted by Gasteiger charge is 2.50. The van der Waals surface area contributed by atoms with Gasteiger partial charge in [0.05, 0.1) is 6.10 Å². The zero-order valence-electron chi connectivity index (χ0n) is 9.69. The van der Waals surface area contributed by atoms with Crippen LogP contribution in [-0.2, 0) is 4.74 Å². The summed E-state index contributed by atoms with van der Waals surface area (Å²) in [7, 11) is 1.84. The van der Waals surface area contributed by atoms with Crippen LogP contribution in [0.3, 0.4) is 0 Å². The second-order valence-electron chi connectivity index (χ2n) is 6.02. The number of hydrogen-bond donors (Lipinski definition) is 1. The monoisotopic (exact) mass is 209 g/mol. The summed E-state index contributed by atoms with van der Waals surface area (Å²) in [4.78, 5) is 0. The number of rotatable bonds is 3. The Hall–Kier alpha value is -0.0800. The van der Waals surface area contributed by atoms with Crippen LogP contribution in [0.25, 0.3) is 0 Å². The van der Waals surface area contributed by atoms with Crippen LogP contribution < -0.4 is 5.73 Å². The molecule has 1 atom stereocenters. The summed E-state index contributed by atoms with van der Waals surface area (Å²) in [6.07, 6.45) is 7.74. The average Bonchev–Trinajstić information content (AvgIpc) is 2.22. The Bertz CT molecular complexity index is 209. The van der Waals surface area contributed by atoms with Crippen molar-refractivity contribution in [1.29, 1.82) is 0 Å². The smallest absolute Gasteiger partial charge is 0.0726 e. The third-order valence-electron chi connectivity index (χ3n) is 5.26. The molecule has 1 unspecified atom stereocenters. The van der Waals surface area contributed by atoms with Crippen molar-refractivity contribution in [2.24, 2.45) is 35.3 Å². The molecule has 0 saturated heterocycles. The van der Waals surface area contributed by atoms with E-state index in [-0.39, 0.29) is 0 Å². The zero-order chi connectivity index (χ0) is 10.4. The lowest BCUT2D eigenvalue weighted by Gasteiger charge is -2.56. The maximum atomic E-state index is 5.84. The van der Waals surface area contributed by atoms with Crippen molar-refractivity contribution in [3.63, 3.8) is 0 Å². The quantitative estimate of drug-likeness (QED) is 0.772. The van der Waals surface area contributed by atoms with Gasteiger partial charge in [0.1, 0.15) is 0 Å². The van der Waals surface area contributed by atoms with Gasteiger partial charge >= 0.3 is 0 Å². The predicted octanol–water partition coefficient (Wildman–Crippen LogP) is 2.03. The van der Waals surface area contributed by atoms with Gasteiger partial charge in [-0.15, -0.1) is 0 Å². The van der Waals surface area contributed by atoms with E-state index in [1.54, 1.807) is 0 Å². The van der Waals surface area contributed by atoms with Gasteiger partial charge in [-0.05, 0) is 61.7 Å². The molecule has 2 heteroatoms. The molecule has 15 heavy (non-hydrogen) atoms. The number of ether oxygens (including phenoxy) is 1. The first-order valence-electron chi connectivity index (χ1n) is 6.54. The average molecular weight is 209 g/mol. The molecule has 0 spiro atoms. The normalized spacial score (nSPS) is 49.6. The van der Waals surface area contributed by atoms with E-state index in [9.17, 15) is 0 Å². The molecule has 0 aliphatic heterocycles. The van der Waals surface area contributed by atoms with Gasteiger partial charge < -0.3 is 10.5 Å². The van der Waals surface area contributed by atoms with E-state index < -0.39 is 0 Å². The van der Waals surface area contributed by atoms with E-state index in [4.69, 9.17) is 10.5 Å². The van der Waals surface area contributed by atoms with E-state index in [0.29, 0.717) is 12.6 Å². The van der Waals surface area contributed by atoms with Crippen LogP contribution in [0.2, 0.25) is 0 Å². The summed E-state index contributed by atoms with van der Waals surface area (Å²) in [5.74, 6) is 4.77. The van der Waals surface area contributed by atoms with Crippen LogP contribution in [0.4, 0.5) is 0 Å². The first-order chi connectivity index (χ1) is 7.31. The van der Waals surface area contributed by atoms with Crippen molar-refractivity contribution in [3.05, 3.63) is 0 Å². The Labute approximate surface area is 92.6 Å². The lowest BCUT2D eigenvalue weighted by molar-refractivity contribution is -0.0974. The van der Waals surface area contributed by atoms with E-state index >= 15 is 0 Å². The highest BCUT2D eigenvalue weighted by atomic mass is 16.5. The van der Waals surface area contributed by atoms with Crippen molar-refractivity contribution in [3.8, 4) is 0 Å². The molecule has 2 nitrogen and oxygen atoms in total. The summed E-state index contributed by atoms with van der Waals surface area (Å²) in [5, 5.41) is 0. The Morgan fingerprint density at radius 3 is 2.00 bits per heavy atom. The predicted molar refractivity (Wildman–Crippen MR) is 60.4 cm³/mol. The molecule has 0 amide bonds. The van der Waals surface area contributed by atoms with Gasteiger partial charge in [-0.25, -0.2) is 0 Å². The van der Waals surface area contributed by atoms with Crippen LogP contribution in [0.15, 0.2) is 0 Å². The number of methoxy groups -OCH3 is 1. The molecular weight excluding hydrogens is 186 g/mol. The molecule has 4 saturated carbocycles. The van der Waals surface area contributed by atoms with Crippen molar-refractivity contribution in [2.45, 2.75) is 38.2 Å². The molecule has 0 radical (unpaired) electrons. The molecule has 0 aromatic carbocycles. The first-order valence-corrected chi connectivity index (χ1v) is 6.54. The Morgan fingerprint density at radius 2 is 1.60 bits per heavy atom. The molecular formula is C13H23NO. The van der Waals surface area contributed by atoms with E-state index in [1.165, 1.54) is 32.1 Å². The molecule has 0 heterocycles. The fraction of sp³-hybridized carbons (Fsp3) is 1.00. The minimum atomic E-state index is 0.333. The largest absolute Gasteiger partial charge is 0.380 e. The summed E-state index contributed by atoms with van der Waals surface area (Å²) in [6.45, 7) is 0.712. The summed E-state index contributed by atoms with van der Waals surface area (Å²) < 4.78 is 5.60. The summed E-state index contributed by atoms with van der Waals surface area (Å²) in [5.41, 5.74) is 5.84. The highest BCUT2D eigenvalue weighted by Crippen LogP contribution is 2.57. The van der Waals surface area contributed by atoms with Crippen LogP contribution in [0.5, 0.6) is 0 Å². The number of nitrogens with two attached hydrogens (primary N) is 1. The fourth-order valence-corrected chi connectivity index (χ4v) is 4.98. The Morgan fingerprint density at radius 1 is 1.07 bits per heavy atom. The lowest BCUT2D eigenvalue weighted by Crippen LogP contribution is -2.51. The second-order valence-corrected chi connectivity index (χ2v) is 6.02. The molecule has 4 rings (SSSR count). The fourth-order valence-electron chi connectivity index (χ4n) is 4.98. The second kappa shape index (κ2) is 3.74. The van der Waals surface area contributed by atoms with E-state index in [0.717, 1.165) is 29.6 Å². The van der Waals surface area contributed by atoms with Crippen LogP contribution in [0.1, 0.15) is 32.1 Å². The van der Waals surface area contributed by atoms with Crippen molar-refractivity contribution >= 4 is 0 Å². The van der Waals surface area contributed by atoms with Gasteiger partial charge in [0, 0.05) is 13.7 Å². The van der Waals surface area contributed by atoms with Gasteiger partial charge in [-0.1, -0.05) is 0 Å². The molecule has 0 aromatic heterocycles. The minimum absolute atomic E-state index is 0.333. The molecule has 4 aliphatic carbocycles. The van der Waals surface area contributed by atoms with Gasteiger partial charge in [-0.3, -0.25) is 0 Å². The van der Waals surface area contributed by atoms with Crippen LogP contribution >= 0.6 is 0 Å². The topological polar surface area (TPSA) is 35.2 Å². The molecule has 86 valence electrons. The molecule has 0 aromatic rings. The van der Waals surface area contributed by atoms with Crippen LogP contribution in [-0.4, -0.2) is 19.8 Å². The highest BCUT2D eigenvalue weighted by molar-refractivity contribution is 5.00. The lowest BCUT2D eigenvalue weighted by atomic mass is 9.51. The third-order valence-corrected chi connectivity index (χ3v) is 5.26. The number of hydrogen-bond acceptors (Lipinski definition) is 2. The first kappa shape index (κ1) is 10.1. The van der Waals surface area contributed by atoms with E-state index in [2.05, 4.69) is 0 Å². The van der Waals surface area contributed by atoms with Gasteiger partial charge in [0.2, 0.25) is 0 Å². The maximum Gasteiger partial charge on any atom is 0.0726 e. The Balaban J connectivity index is 1.79. The maximum absolute atomic E-state index is 5.84. The van der Waals surface area contributed by atoms with Crippen molar-refractivity contribution < 1.29 is 4.74 Å². The van der Waals surface area contributed by atoms with Gasteiger partial charge in [0.25, 0.3) is 0 Å². The zero-order valence-corrected chi connectivity index (χ0v) is 9.69. The standard InChI is InChI=1S/C13H23NO/c1-15-12(7-14)13-10-3-8-2-9(5-10)6-11(13)4-8/h8-13H,2-7,14H2,1H3. The summed E-state index contributed by atoms with van der Waals surface area (Å²) in [6, 6.07) is 0. The van der Waals surface area contributed by atoms with Gasteiger partial charge in [-0.2, -0.15) is 0 Å². The van der Waals surface area contributed by atoms with Gasteiger partial charge in [0.15, 0.2) is 0 Å². The molecule has 4 aliphatic rings.